The van der Waals surface area contributed by atoms with E-state index in [4.69, 9.17) is 4.74 Å². The van der Waals surface area contributed by atoms with Crippen molar-refractivity contribution in [1.82, 2.24) is 15.1 Å². The first kappa shape index (κ1) is 15.7. The van der Waals surface area contributed by atoms with E-state index in [1.807, 2.05) is 0 Å². The second kappa shape index (κ2) is 6.95. The molecule has 0 spiro atoms. The van der Waals surface area contributed by atoms with Gasteiger partial charge in [0, 0.05) is 44.2 Å². The minimum absolute atomic E-state index is 0.347. The summed E-state index contributed by atoms with van der Waals surface area (Å²) < 4.78 is 5.85. The summed E-state index contributed by atoms with van der Waals surface area (Å²) in [5.41, 5.74) is 0.347. The molecule has 1 N–H and O–H groups in total. The van der Waals surface area contributed by atoms with Gasteiger partial charge in [-0.3, -0.25) is 0 Å². The van der Waals surface area contributed by atoms with Gasteiger partial charge in [0.2, 0.25) is 0 Å². The van der Waals surface area contributed by atoms with Gasteiger partial charge in [0.1, 0.15) is 0 Å². The summed E-state index contributed by atoms with van der Waals surface area (Å²) in [6, 6.07) is 0.803. The highest BCUT2D eigenvalue weighted by Crippen LogP contribution is 2.31. The van der Waals surface area contributed by atoms with Crippen molar-refractivity contribution in [2.24, 2.45) is 11.3 Å². The van der Waals surface area contributed by atoms with Crippen molar-refractivity contribution in [3.63, 3.8) is 0 Å². The molecule has 3 aliphatic rings. The smallest absolute Gasteiger partial charge is 0.0546 e. The Morgan fingerprint density at radius 2 is 2.19 bits per heavy atom. The van der Waals surface area contributed by atoms with Crippen LogP contribution in [-0.2, 0) is 4.74 Å². The van der Waals surface area contributed by atoms with Crippen LogP contribution >= 0.6 is 0 Å². The molecule has 3 fully saturated rings. The number of nitrogens with one attached hydrogen (secondary N) is 1. The maximum absolute atomic E-state index is 5.85. The van der Waals surface area contributed by atoms with Crippen LogP contribution in [0.2, 0.25) is 0 Å². The van der Waals surface area contributed by atoms with Crippen molar-refractivity contribution in [3.8, 4) is 0 Å². The molecule has 1 aliphatic carbocycles. The van der Waals surface area contributed by atoms with E-state index in [-0.39, 0.29) is 0 Å². The van der Waals surface area contributed by atoms with E-state index < -0.39 is 0 Å². The second-order valence-corrected chi connectivity index (χ2v) is 7.93. The lowest BCUT2D eigenvalue weighted by Gasteiger charge is -2.40. The van der Waals surface area contributed by atoms with E-state index in [1.165, 1.54) is 58.3 Å². The average Bonchev–Trinajstić information content (AvgIpc) is 3.21. The fourth-order valence-corrected chi connectivity index (χ4v) is 4.13. The lowest BCUT2D eigenvalue weighted by molar-refractivity contribution is -0.0243. The van der Waals surface area contributed by atoms with Crippen LogP contribution in [0.5, 0.6) is 0 Å². The number of likely N-dealkylation sites (tertiary alicyclic amines) is 1. The molecule has 1 saturated carbocycles. The molecule has 2 heterocycles. The normalized spacial score (nSPS) is 34.7. The van der Waals surface area contributed by atoms with E-state index in [1.54, 1.807) is 0 Å². The molecule has 0 aromatic heterocycles. The Morgan fingerprint density at radius 1 is 1.33 bits per heavy atom. The molecule has 0 radical (unpaired) electrons. The van der Waals surface area contributed by atoms with E-state index in [0.717, 1.165) is 31.7 Å². The molecular weight excluding hydrogens is 262 g/mol. The first-order valence-electron chi connectivity index (χ1n) is 8.83. The first-order chi connectivity index (χ1) is 10.2. The Bertz CT molecular complexity index is 326. The molecule has 4 nitrogen and oxygen atoms in total. The third-order valence-electron chi connectivity index (χ3n) is 5.41. The molecule has 21 heavy (non-hydrogen) atoms. The third-order valence-corrected chi connectivity index (χ3v) is 5.41. The highest BCUT2D eigenvalue weighted by molar-refractivity contribution is 4.91. The molecule has 0 bridgehead atoms. The maximum Gasteiger partial charge on any atom is 0.0546 e. The predicted octanol–water partition coefficient (Wildman–Crippen LogP) is 1.42. The van der Waals surface area contributed by atoms with Gasteiger partial charge in [-0.15, -0.1) is 0 Å². The highest BCUT2D eigenvalue weighted by atomic mass is 16.5. The SMILES string of the molecule is CN1CCC(CN(C)CC2(CNC3CC3)CCCOC2)C1. The number of ether oxygens (including phenoxy) is 1. The Morgan fingerprint density at radius 3 is 2.81 bits per heavy atom. The van der Waals surface area contributed by atoms with E-state index in [0.29, 0.717) is 5.41 Å². The number of hydrogen-bond donors (Lipinski definition) is 1. The summed E-state index contributed by atoms with van der Waals surface area (Å²) in [7, 11) is 4.56. The quantitative estimate of drug-likeness (QED) is 0.769. The van der Waals surface area contributed by atoms with Gasteiger partial charge in [0.05, 0.1) is 6.61 Å². The van der Waals surface area contributed by atoms with Gasteiger partial charge in [0.15, 0.2) is 0 Å². The van der Waals surface area contributed by atoms with E-state index in [9.17, 15) is 0 Å². The summed E-state index contributed by atoms with van der Waals surface area (Å²) in [5.74, 6) is 0.859. The van der Waals surface area contributed by atoms with Crippen molar-refractivity contribution in [3.05, 3.63) is 0 Å². The van der Waals surface area contributed by atoms with Crippen LogP contribution in [-0.4, -0.2) is 75.9 Å². The minimum Gasteiger partial charge on any atom is -0.381 e. The first-order valence-corrected chi connectivity index (χ1v) is 8.83. The monoisotopic (exact) mass is 295 g/mol. The zero-order chi connectivity index (χ0) is 14.7. The Hall–Kier alpha value is -0.160. The predicted molar refractivity (Wildman–Crippen MR) is 86.6 cm³/mol. The number of nitrogens with zero attached hydrogens (tertiary/aromatic N) is 2. The van der Waals surface area contributed by atoms with Crippen LogP contribution in [0.15, 0.2) is 0 Å². The lowest BCUT2D eigenvalue weighted by atomic mass is 9.81. The zero-order valence-corrected chi connectivity index (χ0v) is 13.9. The van der Waals surface area contributed by atoms with Gasteiger partial charge in [0.25, 0.3) is 0 Å². The fraction of sp³-hybridized carbons (Fsp3) is 1.00. The van der Waals surface area contributed by atoms with Crippen LogP contribution in [0.3, 0.4) is 0 Å². The van der Waals surface area contributed by atoms with Crippen molar-refractivity contribution in [2.75, 3.05) is 60.0 Å². The summed E-state index contributed by atoms with van der Waals surface area (Å²) in [6.45, 7) is 8.03. The standard InChI is InChI=1S/C17H33N3O/c1-19-8-6-15(10-19)11-20(2)13-17(7-3-9-21-14-17)12-18-16-4-5-16/h15-16,18H,3-14H2,1-2H3. The van der Waals surface area contributed by atoms with Crippen LogP contribution in [0.1, 0.15) is 32.1 Å². The van der Waals surface area contributed by atoms with Gasteiger partial charge in [-0.2, -0.15) is 0 Å². The van der Waals surface area contributed by atoms with Crippen LogP contribution in [0.4, 0.5) is 0 Å². The summed E-state index contributed by atoms with van der Waals surface area (Å²) >= 11 is 0. The van der Waals surface area contributed by atoms with Crippen LogP contribution < -0.4 is 5.32 Å². The fourth-order valence-electron chi connectivity index (χ4n) is 4.13. The highest BCUT2D eigenvalue weighted by Gasteiger charge is 2.36. The summed E-state index contributed by atoms with van der Waals surface area (Å²) in [5, 5.41) is 3.76. The van der Waals surface area contributed by atoms with Gasteiger partial charge in [-0.1, -0.05) is 0 Å². The topological polar surface area (TPSA) is 27.7 Å². The molecule has 0 amide bonds. The molecule has 4 heteroatoms. The molecule has 2 aliphatic heterocycles. The summed E-state index contributed by atoms with van der Waals surface area (Å²) in [4.78, 5) is 5.04. The van der Waals surface area contributed by atoms with Crippen molar-refractivity contribution in [1.29, 1.82) is 0 Å². The van der Waals surface area contributed by atoms with Crippen LogP contribution in [0.25, 0.3) is 0 Å². The van der Waals surface area contributed by atoms with Crippen molar-refractivity contribution < 1.29 is 4.74 Å². The molecular formula is C17H33N3O. The molecule has 2 unspecified atom stereocenters. The maximum atomic E-state index is 5.85. The Balaban J connectivity index is 1.49. The average molecular weight is 295 g/mol. The van der Waals surface area contributed by atoms with Gasteiger partial charge in [-0.25, -0.2) is 0 Å². The number of hydrogen-bond acceptors (Lipinski definition) is 4. The third kappa shape index (κ3) is 4.65. The molecule has 0 aromatic rings. The summed E-state index contributed by atoms with van der Waals surface area (Å²) in [6.07, 6.45) is 6.67. The zero-order valence-electron chi connectivity index (χ0n) is 13.9. The molecule has 122 valence electrons. The van der Waals surface area contributed by atoms with Crippen LogP contribution in [0, 0.1) is 11.3 Å². The van der Waals surface area contributed by atoms with Gasteiger partial charge in [-0.05, 0) is 58.7 Å². The molecule has 0 aromatic carbocycles. The largest absolute Gasteiger partial charge is 0.381 e. The van der Waals surface area contributed by atoms with Gasteiger partial charge < -0.3 is 19.9 Å². The van der Waals surface area contributed by atoms with Crippen molar-refractivity contribution >= 4 is 0 Å². The van der Waals surface area contributed by atoms with E-state index in [2.05, 4.69) is 29.2 Å². The lowest BCUT2D eigenvalue weighted by Crippen LogP contribution is -2.49. The Labute approximate surface area is 130 Å². The van der Waals surface area contributed by atoms with Gasteiger partial charge >= 0.3 is 0 Å². The van der Waals surface area contributed by atoms with Crippen molar-refractivity contribution in [2.45, 2.75) is 38.1 Å². The molecule has 3 rings (SSSR count). The van der Waals surface area contributed by atoms with E-state index >= 15 is 0 Å². The molecule has 2 atom stereocenters. The number of rotatable bonds is 7. The second-order valence-electron chi connectivity index (χ2n) is 7.93. The molecule has 2 saturated heterocycles. The Kier molecular flexibility index (Phi) is 5.20. The minimum atomic E-state index is 0.347.